The Balaban J connectivity index is 2.25. The molecule has 1 aromatic rings. The lowest BCUT2D eigenvalue weighted by Crippen LogP contribution is -1.85. The Kier molecular flexibility index (Phi) is 1.86. The summed E-state index contributed by atoms with van der Waals surface area (Å²) in [6, 6.07) is 7.95. The van der Waals surface area contributed by atoms with E-state index in [9.17, 15) is 0 Å². The smallest absolute Gasteiger partial charge is 0.186 e. The first-order valence-corrected chi connectivity index (χ1v) is 4.44. The van der Waals surface area contributed by atoms with Crippen molar-refractivity contribution in [2.75, 3.05) is 0 Å². The van der Waals surface area contributed by atoms with Gasteiger partial charge >= 0.3 is 0 Å². The maximum absolute atomic E-state index is 8.95. The van der Waals surface area contributed by atoms with Crippen LogP contribution in [0.25, 0.3) is 0 Å². The van der Waals surface area contributed by atoms with E-state index in [-0.39, 0.29) is 6.10 Å². The van der Waals surface area contributed by atoms with Crippen LogP contribution >= 0.6 is 22.6 Å². The van der Waals surface area contributed by atoms with Crippen molar-refractivity contribution in [3.63, 3.8) is 0 Å². The van der Waals surface area contributed by atoms with E-state index in [0.29, 0.717) is 0 Å². The molecule has 0 bridgehead atoms. The molecule has 0 saturated carbocycles. The van der Waals surface area contributed by atoms with E-state index in [2.05, 4.69) is 22.6 Å². The molecule has 0 amide bonds. The number of ether oxygens (including phenoxy) is 1. The first-order chi connectivity index (χ1) is 5.27. The first-order valence-electron chi connectivity index (χ1n) is 3.36. The van der Waals surface area contributed by atoms with Crippen LogP contribution in [-0.4, -0.2) is 11.4 Å². The number of rotatable bonds is 1. The third kappa shape index (κ3) is 1.55. The van der Waals surface area contributed by atoms with Crippen molar-refractivity contribution in [2.45, 2.75) is 12.4 Å². The molecule has 1 saturated heterocycles. The van der Waals surface area contributed by atoms with Crippen LogP contribution in [-0.2, 0) is 4.74 Å². The SMILES string of the molecule is OC1OC1c1cccc(I)c1. The zero-order chi connectivity index (χ0) is 7.84. The third-order valence-corrected chi connectivity index (χ3v) is 2.32. The van der Waals surface area contributed by atoms with Gasteiger partial charge < -0.3 is 9.84 Å². The molecule has 1 aliphatic heterocycles. The molecule has 58 valence electrons. The Morgan fingerprint density at radius 3 is 2.73 bits per heavy atom. The number of benzene rings is 1. The molecule has 11 heavy (non-hydrogen) atoms. The van der Waals surface area contributed by atoms with Gasteiger partial charge in [-0.05, 0) is 40.3 Å². The van der Waals surface area contributed by atoms with E-state index in [1.54, 1.807) is 0 Å². The molecule has 1 heterocycles. The summed E-state index contributed by atoms with van der Waals surface area (Å²) in [5.41, 5.74) is 1.06. The van der Waals surface area contributed by atoms with E-state index in [1.807, 2.05) is 24.3 Å². The first kappa shape index (κ1) is 7.52. The van der Waals surface area contributed by atoms with Crippen LogP contribution in [0.15, 0.2) is 24.3 Å². The van der Waals surface area contributed by atoms with Gasteiger partial charge in [0.1, 0.15) is 6.10 Å². The molecule has 2 nitrogen and oxygen atoms in total. The highest BCUT2D eigenvalue weighted by molar-refractivity contribution is 14.1. The Bertz CT molecular complexity index is 275. The molecule has 2 rings (SSSR count). The average molecular weight is 262 g/mol. The standard InChI is InChI=1S/C8H7IO2/c9-6-3-1-2-5(4-6)7-8(10)11-7/h1-4,7-8,10H. The van der Waals surface area contributed by atoms with Crippen LogP contribution in [0.3, 0.4) is 0 Å². The van der Waals surface area contributed by atoms with E-state index >= 15 is 0 Å². The summed E-state index contributed by atoms with van der Waals surface area (Å²) in [4.78, 5) is 0. The zero-order valence-electron chi connectivity index (χ0n) is 5.70. The minimum Gasteiger partial charge on any atom is -0.366 e. The van der Waals surface area contributed by atoms with Crippen LogP contribution in [0.1, 0.15) is 11.7 Å². The van der Waals surface area contributed by atoms with Gasteiger partial charge in [0.2, 0.25) is 0 Å². The predicted octanol–water partition coefficient (Wildman–Crippen LogP) is 1.68. The normalized spacial score (nSPS) is 28.5. The van der Waals surface area contributed by atoms with E-state index in [1.165, 1.54) is 3.57 Å². The summed E-state index contributed by atoms with van der Waals surface area (Å²) < 4.78 is 6.08. The van der Waals surface area contributed by atoms with Gasteiger partial charge in [-0.25, -0.2) is 0 Å². The molecule has 1 aromatic carbocycles. The summed E-state index contributed by atoms with van der Waals surface area (Å²) in [5, 5.41) is 8.95. The molecule has 1 aliphatic rings. The largest absolute Gasteiger partial charge is 0.366 e. The molecule has 3 heteroatoms. The summed E-state index contributed by atoms with van der Waals surface area (Å²) in [5.74, 6) is 0. The van der Waals surface area contributed by atoms with Gasteiger partial charge in [-0.15, -0.1) is 0 Å². The van der Waals surface area contributed by atoms with Crippen LogP contribution in [0, 0.1) is 3.57 Å². The van der Waals surface area contributed by atoms with Gasteiger partial charge in [-0.2, -0.15) is 0 Å². The summed E-state index contributed by atoms with van der Waals surface area (Å²) in [6.07, 6.45) is -0.655. The molecule has 1 fully saturated rings. The highest BCUT2D eigenvalue weighted by Gasteiger charge is 2.38. The summed E-state index contributed by atoms with van der Waals surface area (Å²) >= 11 is 2.24. The molecule has 0 aliphatic carbocycles. The fraction of sp³-hybridized carbons (Fsp3) is 0.250. The van der Waals surface area contributed by atoms with Crippen LogP contribution in [0.4, 0.5) is 0 Å². The second-order valence-corrected chi connectivity index (χ2v) is 3.75. The number of aliphatic hydroxyl groups is 1. The van der Waals surface area contributed by atoms with Crippen molar-refractivity contribution in [1.82, 2.24) is 0 Å². The molecule has 0 radical (unpaired) electrons. The number of hydrogen-bond acceptors (Lipinski definition) is 2. The Morgan fingerprint density at radius 2 is 2.18 bits per heavy atom. The Morgan fingerprint density at radius 1 is 1.45 bits per heavy atom. The average Bonchev–Trinajstić information content (AvgIpc) is 2.67. The van der Waals surface area contributed by atoms with Gasteiger partial charge in [0.15, 0.2) is 6.29 Å². The van der Waals surface area contributed by atoms with E-state index < -0.39 is 6.29 Å². The van der Waals surface area contributed by atoms with Crippen molar-refractivity contribution in [2.24, 2.45) is 0 Å². The van der Waals surface area contributed by atoms with Crippen molar-refractivity contribution in [3.05, 3.63) is 33.4 Å². The van der Waals surface area contributed by atoms with Gasteiger partial charge in [-0.1, -0.05) is 12.1 Å². The number of epoxide rings is 1. The van der Waals surface area contributed by atoms with Crippen molar-refractivity contribution >= 4 is 22.6 Å². The highest BCUT2D eigenvalue weighted by Crippen LogP contribution is 2.36. The monoisotopic (exact) mass is 262 g/mol. The maximum Gasteiger partial charge on any atom is 0.186 e. The van der Waals surface area contributed by atoms with Crippen molar-refractivity contribution in [3.8, 4) is 0 Å². The molecule has 0 spiro atoms. The second-order valence-electron chi connectivity index (χ2n) is 2.50. The predicted molar refractivity (Wildman–Crippen MR) is 49.0 cm³/mol. The number of aliphatic hydroxyl groups excluding tert-OH is 1. The van der Waals surface area contributed by atoms with Crippen LogP contribution < -0.4 is 0 Å². The fourth-order valence-electron chi connectivity index (χ4n) is 1.03. The number of halogens is 1. The molecular weight excluding hydrogens is 255 g/mol. The van der Waals surface area contributed by atoms with Gasteiger partial charge in [0.25, 0.3) is 0 Å². The highest BCUT2D eigenvalue weighted by atomic mass is 127. The summed E-state index contributed by atoms with van der Waals surface area (Å²) in [7, 11) is 0. The van der Waals surface area contributed by atoms with Crippen molar-refractivity contribution in [1.29, 1.82) is 0 Å². The van der Waals surface area contributed by atoms with Crippen LogP contribution in [0.2, 0.25) is 0 Å². The zero-order valence-corrected chi connectivity index (χ0v) is 7.86. The summed E-state index contributed by atoms with van der Waals surface area (Å²) in [6.45, 7) is 0. The lowest BCUT2D eigenvalue weighted by Gasteiger charge is -1.94. The maximum atomic E-state index is 8.95. The third-order valence-electron chi connectivity index (χ3n) is 1.65. The van der Waals surface area contributed by atoms with E-state index in [0.717, 1.165) is 5.56 Å². The van der Waals surface area contributed by atoms with E-state index in [4.69, 9.17) is 9.84 Å². The number of hydrogen-bond donors (Lipinski definition) is 1. The second kappa shape index (κ2) is 2.73. The van der Waals surface area contributed by atoms with Gasteiger partial charge in [0, 0.05) is 3.57 Å². The molecule has 1 N–H and O–H groups in total. The lowest BCUT2D eigenvalue weighted by atomic mass is 10.2. The Hall–Kier alpha value is -0.130. The minimum absolute atomic E-state index is 0.0790. The minimum atomic E-state index is -0.576. The quantitative estimate of drug-likeness (QED) is 0.617. The van der Waals surface area contributed by atoms with Crippen LogP contribution in [0.5, 0.6) is 0 Å². The Labute approximate surface area is 78.3 Å². The lowest BCUT2D eigenvalue weighted by molar-refractivity contribution is 0.156. The topological polar surface area (TPSA) is 32.8 Å². The fourth-order valence-corrected chi connectivity index (χ4v) is 1.60. The van der Waals surface area contributed by atoms with Crippen molar-refractivity contribution < 1.29 is 9.84 Å². The van der Waals surface area contributed by atoms with Gasteiger partial charge in [0.05, 0.1) is 0 Å². The molecule has 2 unspecified atom stereocenters. The van der Waals surface area contributed by atoms with Gasteiger partial charge in [-0.3, -0.25) is 0 Å². The molecule has 0 aromatic heterocycles. The molecule has 2 atom stereocenters. The molecular formula is C8H7IO2.